The average molecular weight is 353 g/mol. The number of hydrogen-bond acceptors (Lipinski definition) is 3. The monoisotopic (exact) mass is 352 g/mol. The number of nitrogen functional groups attached to an aromatic ring is 1. The molecule has 1 aliphatic carbocycles. The van der Waals surface area contributed by atoms with Gasteiger partial charge in [0.15, 0.2) is 0 Å². The molecule has 1 aliphatic rings. The van der Waals surface area contributed by atoms with Crippen molar-refractivity contribution in [2.24, 2.45) is 0 Å². The van der Waals surface area contributed by atoms with Crippen molar-refractivity contribution in [1.29, 1.82) is 0 Å². The van der Waals surface area contributed by atoms with E-state index in [2.05, 4.69) is 15.9 Å². The Labute approximate surface area is 129 Å². The van der Waals surface area contributed by atoms with Crippen LogP contribution in [0.3, 0.4) is 0 Å². The van der Waals surface area contributed by atoms with Crippen LogP contribution in [0.2, 0.25) is 0 Å². The fraction of sp³-hybridized carbons (Fsp3) is 0.267. The Hall–Kier alpha value is -1.82. The van der Waals surface area contributed by atoms with E-state index in [1.807, 2.05) is 4.57 Å². The molecule has 0 atom stereocenters. The highest BCUT2D eigenvalue weighted by Gasteiger charge is 2.28. The van der Waals surface area contributed by atoms with Crippen molar-refractivity contribution in [3.8, 4) is 0 Å². The van der Waals surface area contributed by atoms with Gasteiger partial charge >= 0.3 is 5.97 Å². The van der Waals surface area contributed by atoms with Gasteiger partial charge in [-0.25, -0.2) is 9.18 Å². The number of halogens is 2. The summed E-state index contributed by atoms with van der Waals surface area (Å²) in [4.78, 5) is 12.1. The Bertz CT molecular complexity index is 695. The molecule has 1 heterocycles. The quantitative estimate of drug-likeness (QED) is 0.854. The van der Waals surface area contributed by atoms with Crippen molar-refractivity contribution in [2.45, 2.75) is 25.5 Å². The minimum Gasteiger partial charge on any atom is -0.456 e. The predicted molar refractivity (Wildman–Crippen MR) is 80.3 cm³/mol. The number of aromatic nitrogens is 1. The molecule has 1 saturated carbocycles. The molecule has 21 heavy (non-hydrogen) atoms. The molecule has 4 nitrogen and oxygen atoms in total. The number of benzene rings is 1. The van der Waals surface area contributed by atoms with Gasteiger partial charge in [-0.05, 0) is 31.0 Å². The standard InChI is InChI=1S/C15H14BrFN2O2/c16-10-2-1-9(13(17)5-10)8-21-15(20)14-6-11(18)7-19(14)12-3-4-12/h1-2,5-7,12H,3-4,8,18H2. The molecule has 2 aromatic rings. The third-order valence-electron chi connectivity index (χ3n) is 3.39. The number of carbonyl (C=O) groups excluding carboxylic acids is 1. The lowest BCUT2D eigenvalue weighted by molar-refractivity contribution is 0.0456. The molecule has 1 aromatic heterocycles. The third kappa shape index (κ3) is 3.10. The van der Waals surface area contributed by atoms with Gasteiger partial charge in [-0.1, -0.05) is 22.0 Å². The van der Waals surface area contributed by atoms with Crippen LogP contribution in [0.1, 0.15) is 34.9 Å². The van der Waals surface area contributed by atoms with Crippen LogP contribution >= 0.6 is 15.9 Å². The van der Waals surface area contributed by atoms with E-state index in [1.165, 1.54) is 6.07 Å². The van der Waals surface area contributed by atoms with Gasteiger partial charge < -0.3 is 15.0 Å². The maximum Gasteiger partial charge on any atom is 0.355 e. The first-order valence-electron chi connectivity index (χ1n) is 6.63. The number of nitrogens with zero attached hydrogens (tertiary/aromatic N) is 1. The van der Waals surface area contributed by atoms with E-state index in [0.29, 0.717) is 27.5 Å². The molecule has 0 spiro atoms. The summed E-state index contributed by atoms with van der Waals surface area (Å²) in [6, 6.07) is 6.55. The van der Waals surface area contributed by atoms with Crippen LogP contribution < -0.4 is 5.73 Å². The van der Waals surface area contributed by atoms with Crippen LogP contribution in [-0.4, -0.2) is 10.5 Å². The predicted octanol–water partition coefficient (Wildman–Crippen LogP) is 3.66. The van der Waals surface area contributed by atoms with Crippen LogP contribution in [0.5, 0.6) is 0 Å². The summed E-state index contributed by atoms with van der Waals surface area (Å²) in [5.41, 5.74) is 7.03. The van der Waals surface area contributed by atoms with Crippen molar-refractivity contribution in [2.75, 3.05) is 5.73 Å². The van der Waals surface area contributed by atoms with Gasteiger partial charge in [-0.3, -0.25) is 0 Å². The topological polar surface area (TPSA) is 57.3 Å². The van der Waals surface area contributed by atoms with Crippen LogP contribution in [0, 0.1) is 5.82 Å². The molecule has 1 aromatic carbocycles. The van der Waals surface area contributed by atoms with Gasteiger partial charge in [-0.2, -0.15) is 0 Å². The largest absolute Gasteiger partial charge is 0.456 e. The SMILES string of the molecule is Nc1cc(C(=O)OCc2ccc(Br)cc2F)n(C2CC2)c1. The lowest BCUT2D eigenvalue weighted by Crippen LogP contribution is -2.11. The molecule has 1 fully saturated rings. The van der Waals surface area contributed by atoms with Gasteiger partial charge in [-0.15, -0.1) is 0 Å². The molecular weight excluding hydrogens is 339 g/mol. The minimum absolute atomic E-state index is 0.103. The first-order chi connectivity index (χ1) is 10.0. The van der Waals surface area contributed by atoms with Crippen LogP contribution in [0.15, 0.2) is 34.9 Å². The van der Waals surface area contributed by atoms with Crippen molar-refractivity contribution in [3.05, 3.63) is 52.0 Å². The highest BCUT2D eigenvalue weighted by atomic mass is 79.9. The Morgan fingerprint density at radius 3 is 2.86 bits per heavy atom. The molecule has 0 radical (unpaired) electrons. The molecule has 0 aliphatic heterocycles. The Kier molecular flexibility index (Phi) is 3.71. The number of carbonyl (C=O) groups is 1. The lowest BCUT2D eigenvalue weighted by atomic mass is 10.2. The Balaban J connectivity index is 1.72. The van der Waals surface area contributed by atoms with Gasteiger partial charge in [0.25, 0.3) is 0 Å². The molecule has 0 unspecified atom stereocenters. The highest BCUT2D eigenvalue weighted by Crippen LogP contribution is 2.37. The number of rotatable bonds is 4. The summed E-state index contributed by atoms with van der Waals surface area (Å²) in [5, 5.41) is 0. The van der Waals surface area contributed by atoms with Gasteiger partial charge in [0, 0.05) is 22.3 Å². The minimum atomic E-state index is -0.485. The van der Waals surface area contributed by atoms with Gasteiger partial charge in [0.2, 0.25) is 0 Å². The van der Waals surface area contributed by atoms with E-state index in [4.69, 9.17) is 10.5 Å². The van der Waals surface area contributed by atoms with E-state index >= 15 is 0 Å². The molecule has 110 valence electrons. The zero-order valence-electron chi connectivity index (χ0n) is 11.2. The number of hydrogen-bond donors (Lipinski definition) is 1. The summed E-state index contributed by atoms with van der Waals surface area (Å²) < 4.78 is 21.4. The number of esters is 1. The Morgan fingerprint density at radius 2 is 2.19 bits per heavy atom. The van der Waals surface area contributed by atoms with E-state index in [1.54, 1.807) is 24.4 Å². The van der Waals surface area contributed by atoms with Crippen LogP contribution in [-0.2, 0) is 11.3 Å². The molecule has 0 amide bonds. The lowest BCUT2D eigenvalue weighted by Gasteiger charge is -2.08. The molecule has 0 bridgehead atoms. The van der Waals surface area contributed by atoms with E-state index in [-0.39, 0.29) is 6.61 Å². The first-order valence-corrected chi connectivity index (χ1v) is 7.42. The van der Waals surface area contributed by atoms with E-state index in [9.17, 15) is 9.18 Å². The summed E-state index contributed by atoms with van der Waals surface area (Å²) in [7, 11) is 0. The second kappa shape index (κ2) is 5.52. The van der Waals surface area contributed by atoms with Crippen LogP contribution in [0.25, 0.3) is 0 Å². The van der Waals surface area contributed by atoms with Gasteiger partial charge in [0.1, 0.15) is 18.1 Å². The fourth-order valence-corrected chi connectivity index (χ4v) is 2.51. The highest BCUT2D eigenvalue weighted by molar-refractivity contribution is 9.10. The molecular formula is C15H14BrFN2O2. The number of anilines is 1. The Morgan fingerprint density at radius 1 is 1.43 bits per heavy atom. The van der Waals surface area contributed by atoms with Crippen molar-refractivity contribution in [1.82, 2.24) is 4.57 Å². The summed E-state index contributed by atoms with van der Waals surface area (Å²) in [5.74, 6) is -0.893. The second-order valence-electron chi connectivity index (χ2n) is 5.11. The van der Waals surface area contributed by atoms with Crippen molar-refractivity contribution < 1.29 is 13.9 Å². The van der Waals surface area contributed by atoms with Crippen molar-refractivity contribution >= 4 is 27.6 Å². The van der Waals surface area contributed by atoms with E-state index < -0.39 is 11.8 Å². The number of ether oxygens (including phenoxy) is 1. The maximum absolute atomic E-state index is 13.7. The second-order valence-corrected chi connectivity index (χ2v) is 6.02. The molecule has 2 N–H and O–H groups in total. The normalized spacial score (nSPS) is 14.2. The maximum atomic E-state index is 13.7. The molecule has 0 saturated heterocycles. The third-order valence-corrected chi connectivity index (χ3v) is 3.89. The van der Waals surface area contributed by atoms with E-state index in [0.717, 1.165) is 12.8 Å². The number of nitrogens with two attached hydrogens (primary N) is 1. The summed E-state index contributed by atoms with van der Waals surface area (Å²) >= 11 is 3.18. The van der Waals surface area contributed by atoms with Crippen LogP contribution in [0.4, 0.5) is 10.1 Å². The summed E-state index contributed by atoms with van der Waals surface area (Å²) in [6.45, 7) is -0.103. The zero-order valence-corrected chi connectivity index (χ0v) is 12.8. The van der Waals surface area contributed by atoms with Crippen molar-refractivity contribution in [3.63, 3.8) is 0 Å². The zero-order chi connectivity index (χ0) is 15.0. The summed E-state index contributed by atoms with van der Waals surface area (Å²) in [6.07, 6.45) is 3.82. The van der Waals surface area contributed by atoms with Gasteiger partial charge in [0.05, 0.1) is 5.69 Å². The average Bonchev–Trinajstić information content (AvgIpc) is 3.20. The smallest absolute Gasteiger partial charge is 0.355 e. The first kappa shape index (κ1) is 14.1. The molecule has 3 rings (SSSR count). The molecule has 6 heteroatoms. The fourth-order valence-electron chi connectivity index (χ4n) is 2.17.